The minimum Gasteiger partial charge on any atom is -0.316 e. The summed E-state index contributed by atoms with van der Waals surface area (Å²) in [4.78, 5) is 19.3. The molecule has 1 amide bonds. The lowest BCUT2D eigenvalue weighted by Gasteiger charge is -2.19. The average molecular weight is 364 g/mol. The van der Waals surface area contributed by atoms with Gasteiger partial charge in [-0.25, -0.2) is 4.98 Å². The summed E-state index contributed by atoms with van der Waals surface area (Å²) in [7, 11) is 0. The third-order valence-corrected chi connectivity index (χ3v) is 5.12. The maximum absolute atomic E-state index is 12.7. The van der Waals surface area contributed by atoms with Gasteiger partial charge < -0.3 is 9.47 Å². The van der Waals surface area contributed by atoms with Crippen LogP contribution >= 0.6 is 11.6 Å². The van der Waals surface area contributed by atoms with Gasteiger partial charge >= 0.3 is 0 Å². The Morgan fingerprint density at radius 2 is 2.12 bits per heavy atom. The third-order valence-electron chi connectivity index (χ3n) is 4.89. The van der Waals surface area contributed by atoms with Crippen LogP contribution in [0.1, 0.15) is 23.7 Å². The molecule has 2 aromatic carbocycles. The lowest BCUT2D eigenvalue weighted by Crippen LogP contribution is -2.25. The molecule has 2 heterocycles. The van der Waals surface area contributed by atoms with Gasteiger partial charge in [-0.15, -0.1) is 6.42 Å². The number of carbonyl (C=O) groups is 1. The number of imidazole rings is 1. The first-order chi connectivity index (χ1) is 12.6. The normalized spacial score (nSPS) is 17.0. The molecule has 0 saturated carbocycles. The van der Waals surface area contributed by atoms with E-state index in [-0.39, 0.29) is 11.8 Å². The molecule has 26 heavy (non-hydrogen) atoms. The number of aryl methyl sites for hydroxylation is 1. The summed E-state index contributed by atoms with van der Waals surface area (Å²) in [5.74, 6) is 3.66. The lowest BCUT2D eigenvalue weighted by molar-refractivity contribution is -0.117. The van der Waals surface area contributed by atoms with Crippen molar-refractivity contribution >= 4 is 34.2 Å². The molecule has 0 spiro atoms. The molecule has 1 unspecified atom stereocenters. The van der Waals surface area contributed by atoms with E-state index in [0.29, 0.717) is 24.5 Å². The first kappa shape index (κ1) is 16.7. The van der Waals surface area contributed by atoms with Gasteiger partial charge in [0.25, 0.3) is 0 Å². The molecule has 0 aliphatic carbocycles. The highest BCUT2D eigenvalue weighted by atomic mass is 35.5. The predicted octanol–water partition coefficient (Wildman–Crippen LogP) is 4.15. The van der Waals surface area contributed by atoms with Crippen LogP contribution in [0.15, 0.2) is 42.5 Å². The Kier molecular flexibility index (Phi) is 4.18. The SMILES string of the molecule is C#CCn1c(C2CC(=O)N(c3cc(Cl)ccc3C)C2)nc2ccccc21. The number of nitrogens with zero attached hydrogens (tertiary/aromatic N) is 3. The van der Waals surface area contributed by atoms with E-state index in [0.717, 1.165) is 28.1 Å². The van der Waals surface area contributed by atoms with Crippen LogP contribution in [0, 0.1) is 19.3 Å². The summed E-state index contributed by atoms with van der Waals surface area (Å²) in [5.41, 5.74) is 3.80. The maximum atomic E-state index is 12.7. The monoisotopic (exact) mass is 363 g/mol. The van der Waals surface area contributed by atoms with Crippen molar-refractivity contribution in [3.63, 3.8) is 0 Å². The fourth-order valence-electron chi connectivity index (χ4n) is 3.65. The van der Waals surface area contributed by atoms with Crippen molar-refractivity contribution in [1.82, 2.24) is 9.55 Å². The molecule has 0 bridgehead atoms. The van der Waals surface area contributed by atoms with Crippen LogP contribution in [0.2, 0.25) is 5.02 Å². The van der Waals surface area contributed by atoms with Gasteiger partial charge in [0.2, 0.25) is 5.91 Å². The van der Waals surface area contributed by atoms with E-state index in [1.165, 1.54) is 0 Å². The van der Waals surface area contributed by atoms with Crippen molar-refractivity contribution in [1.29, 1.82) is 0 Å². The molecule has 1 fully saturated rings. The van der Waals surface area contributed by atoms with Crippen LogP contribution in [0.3, 0.4) is 0 Å². The molecule has 1 aromatic heterocycles. The van der Waals surface area contributed by atoms with Gasteiger partial charge in [-0.3, -0.25) is 4.79 Å². The molecule has 130 valence electrons. The number of carbonyl (C=O) groups excluding carboxylic acids is 1. The molecule has 0 N–H and O–H groups in total. The smallest absolute Gasteiger partial charge is 0.227 e. The zero-order chi connectivity index (χ0) is 18.3. The minimum absolute atomic E-state index is 0.00151. The molecule has 5 heteroatoms. The number of halogens is 1. The first-order valence-electron chi connectivity index (χ1n) is 8.53. The van der Waals surface area contributed by atoms with Gasteiger partial charge in [0.05, 0.1) is 17.6 Å². The molecule has 0 radical (unpaired) electrons. The van der Waals surface area contributed by atoms with Crippen molar-refractivity contribution in [2.45, 2.75) is 25.8 Å². The Morgan fingerprint density at radius 1 is 1.31 bits per heavy atom. The fourth-order valence-corrected chi connectivity index (χ4v) is 3.82. The number of amides is 1. The molecule has 4 nitrogen and oxygen atoms in total. The Labute approximate surface area is 157 Å². The highest BCUT2D eigenvalue weighted by molar-refractivity contribution is 6.31. The number of benzene rings is 2. The van der Waals surface area contributed by atoms with E-state index >= 15 is 0 Å². The number of fused-ring (bicyclic) bond motifs is 1. The zero-order valence-corrected chi connectivity index (χ0v) is 15.2. The van der Waals surface area contributed by atoms with Gasteiger partial charge in [0.15, 0.2) is 0 Å². The zero-order valence-electron chi connectivity index (χ0n) is 14.4. The number of para-hydroxylation sites is 2. The van der Waals surface area contributed by atoms with Crippen molar-refractivity contribution in [3.8, 4) is 12.3 Å². The molecule has 1 saturated heterocycles. The molecule has 1 aliphatic rings. The lowest BCUT2D eigenvalue weighted by atomic mass is 10.1. The second-order valence-electron chi connectivity index (χ2n) is 6.59. The maximum Gasteiger partial charge on any atom is 0.227 e. The van der Waals surface area contributed by atoms with E-state index in [1.807, 2.05) is 58.9 Å². The van der Waals surface area contributed by atoms with E-state index in [4.69, 9.17) is 23.0 Å². The Balaban J connectivity index is 1.73. The highest BCUT2D eigenvalue weighted by Gasteiger charge is 2.35. The Hall–Kier alpha value is -2.77. The van der Waals surface area contributed by atoms with Crippen LogP contribution in [-0.2, 0) is 11.3 Å². The minimum atomic E-state index is 0.00151. The van der Waals surface area contributed by atoms with E-state index in [2.05, 4.69) is 5.92 Å². The summed E-state index contributed by atoms with van der Waals surface area (Å²) in [6.07, 6.45) is 5.99. The number of hydrogen-bond acceptors (Lipinski definition) is 2. The molecular formula is C21H18ClN3O. The molecular weight excluding hydrogens is 346 g/mol. The summed E-state index contributed by atoms with van der Waals surface area (Å²) < 4.78 is 2.04. The van der Waals surface area contributed by atoms with Gasteiger partial charge in [-0.2, -0.15) is 0 Å². The number of hydrogen-bond donors (Lipinski definition) is 0. The molecule has 4 rings (SSSR count). The van der Waals surface area contributed by atoms with E-state index in [9.17, 15) is 4.79 Å². The van der Waals surface area contributed by atoms with Crippen LogP contribution in [0.5, 0.6) is 0 Å². The summed E-state index contributed by atoms with van der Waals surface area (Å²) in [6.45, 7) is 3.00. The Bertz CT molecular complexity index is 1050. The predicted molar refractivity (Wildman–Crippen MR) is 104 cm³/mol. The van der Waals surface area contributed by atoms with Crippen LogP contribution in [0.4, 0.5) is 5.69 Å². The van der Waals surface area contributed by atoms with Crippen LogP contribution in [0.25, 0.3) is 11.0 Å². The fraction of sp³-hybridized carbons (Fsp3) is 0.238. The number of anilines is 1. The second kappa shape index (κ2) is 6.51. The number of aromatic nitrogens is 2. The topological polar surface area (TPSA) is 38.1 Å². The average Bonchev–Trinajstić information content (AvgIpc) is 3.18. The standard InChI is InChI=1S/C21H18ClN3O/c1-3-10-24-18-7-5-4-6-17(18)23-21(24)15-11-20(26)25(13-15)19-12-16(22)9-8-14(19)2/h1,4-9,12,15H,10-11,13H2,2H3. The number of rotatable bonds is 3. The van der Waals surface area contributed by atoms with Gasteiger partial charge in [0, 0.05) is 29.6 Å². The summed E-state index contributed by atoms with van der Waals surface area (Å²) >= 11 is 6.14. The van der Waals surface area contributed by atoms with Crippen LogP contribution < -0.4 is 4.90 Å². The van der Waals surface area contributed by atoms with E-state index < -0.39 is 0 Å². The second-order valence-corrected chi connectivity index (χ2v) is 7.02. The number of terminal acetylenes is 1. The quantitative estimate of drug-likeness (QED) is 0.655. The summed E-state index contributed by atoms with van der Waals surface area (Å²) in [5, 5.41) is 0.626. The largest absolute Gasteiger partial charge is 0.316 e. The van der Waals surface area contributed by atoms with Gasteiger partial charge in [-0.1, -0.05) is 35.7 Å². The van der Waals surface area contributed by atoms with Crippen molar-refractivity contribution in [2.75, 3.05) is 11.4 Å². The van der Waals surface area contributed by atoms with Gasteiger partial charge in [0.1, 0.15) is 5.82 Å². The Morgan fingerprint density at radius 3 is 2.92 bits per heavy atom. The van der Waals surface area contributed by atoms with Gasteiger partial charge in [-0.05, 0) is 36.8 Å². The van der Waals surface area contributed by atoms with Crippen LogP contribution in [-0.4, -0.2) is 22.0 Å². The van der Waals surface area contributed by atoms with Crippen molar-refractivity contribution in [2.24, 2.45) is 0 Å². The molecule has 1 aliphatic heterocycles. The first-order valence-corrected chi connectivity index (χ1v) is 8.91. The molecule has 3 aromatic rings. The third kappa shape index (κ3) is 2.75. The van der Waals surface area contributed by atoms with Crippen molar-refractivity contribution in [3.05, 3.63) is 58.9 Å². The highest BCUT2D eigenvalue weighted by Crippen LogP contribution is 2.35. The van der Waals surface area contributed by atoms with Crippen molar-refractivity contribution < 1.29 is 4.79 Å². The van der Waals surface area contributed by atoms with E-state index in [1.54, 1.807) is 0 Å². The summed E-state index contributed by atoms with van der Waals surface area (Å²) in [6, 6.07) is 13.5. The molecule has 1 atom stereocenters.